The molecule has 0 aromatic carbocycles. The molecule has 0 spiro atoms. The summed E-state index contributed by atoms with van der Waals surface area (Å²) in [5, 5.41) is 0. The van der Waals surface area contributed by atoms with Crippen molar-refractivity contribution in [2.45, 2.75) is 0 Å². The van der Waals surface area contributed by atoms with E-state index in [1.807, 2.05) is 6.07 Å². The van der Waals surface area contributed by atoms with Crippen molar-refractivity contribution in [3.8, 4) is 11.3 Å². The molecular formula is C17H23N7O2. The molecule has 4 N–H and O–H groups in total. The van der Waals surface area contributed by atoms with E-state index in [-0.39, 0.29) is 0 Å². The van der Waals surface area contributed by atoms with Crippen molar-refractivity contribution in [1.82, 2.24) is 15.0 Å². The summed E-state index contributed by atoms with van der Waals surface area (Å²) in [7, 11) is 0. The topological polar surface area (TPSA) is 116 Å². The third-order valence-electron chi connectivity index (χ3n) is 4.56. The first-order valence-corrected chi connectivity index (χ1v) is 8.76. The van der Waals surface area contributed by atoms with E-state index in [2.05, 4.69) is 14.8 Å². The molecule has 2 saturated heterocycles. The van der Waals surface area contributed by atoms with Gasteiger partial charge >= 0.3 is 0 Å². The van der Waals surface area contributed by atoms with Crippen LogP contribution in [0.2, 0.25) is 0 Å². The Morgan fingerprint density at radius 1 is 0.846 bits per heavy atom. The Hall–Kier alpha value is -2.65. The summed E-state index contributed by atoms with van der Waals surface area (Å²) >= 11 is 0. The number of nitrogens with zero attached hydrogens (tertiary/aromatic N) is 5. The predicted molar refractivity (Wildman–Crippen MR) is 100 cm³/mol. The fourth-order valence-electron chi connectivity index (χ4n) is 3.12. The monoisotopic (exact) mass is 357 g/mol. The van der Waals surface area contributed by atoms with E-state index in [0.717, 1.165) is 43.3 Å². The summed E-state index contributed by atoms with van der Waals surface area (Å²) in [5.41, 5.74) is 13.9. The largest absolute Gasteiger partial charge is 0.398 e. The SMILES string of the molecule is Nc1cc(N)c(-c2cc(N3CCOCC3)nc(N3CCOCC3)n2)cn1. The first-order valence-electron chi connectivity index (χ1n) is 8.76. The van der Waals surface area contributed by atoms with Gasteiger partial charge in [0.25, 0.3) is 0 Å². The number of hydrogen-bond acceptors (Lipinski definition) is 9. The molecule has 9 heteroatoms. The van der Waals surface area contributed by atoms with Gasteiger partial charge in [0, 0.05) is 55.8 Å². The van der Waals surface area contributed by atoms with Crippen LogP contribution in [0.4, 0.5) is 23.3 Å². The maximum absolute atomic E-state index is 6.16. The summed E-state index contributed by atoms with van der Waals surface area (Å²) in [6, 6.07) is 3.61. The number of hydrogen-bond donors (Lipinski definition) is 2. The Labute approximate surface area is 151 Å². The minimum absolute atomic E-state index is 0.391. The number of rotatable bonds is 3. The van der Waals surface area contributed by atoms with Gasteiger partial charge in [0.2, 0.25) is 5.95 Å². The number of nitrogens with two attached hydrogens (primary N) is 2. The van der Waals surface area contributed by atoms with Crippen LogP contribution in [-0.2, 0) is 9.47 Å². The van der Waals surface area contributed by atoms with Crippen LogP contribution in [0, 0.1) is 0 Å². The van der Waals surface area contributed by atoms with Gasteiger partial charge in [0.15, 0.2) is 0 Å². The Morgan fingerprint density at radius 3 is 2.15 bits per heavy atom. The number of pyridine rings is 1. The van der Waals surface area contributed by atoms with Crippen LogP contribution in [0.25, 0.3) is 11.3 Å². The smallest absolute Gasteiger partial charge is 0.228 e. The lowest BCUT2D eigenvalue weighted by atomic mass is 10.1. The Kier molecular flexibility index (Phi) is 4.72. The summed E-state index contributed by atoms with van der Waals surface area (Å²) in [6.07, 6.45) is 1.67. The van der Waals surface area contributed by atoms with Gasteiger partial charge in [0.05, 0.1) is 32.1 Å². The van der Waals surface area contributed by atoms with E-state index in [4.69, 9.17) is 30.9 Å². The van der Waals surface area contributed by atoms with Crippen LogP contribution >= 0.6 is 0 Å². The van der Waals surface area contributed by atoms with Crippen LogP contribution in [0.3, 0.4) is 0 Å². The van der Waals surface area contributed by atoms with E-state index < -0.39 is 0 Å². The van der Waals surface area contributed by atoms with Crippen LogP contribution in [0.1, 0.15) is 0 Å². The zero-order valence-corrected chi connectivity index (χ0v) is 14.6. The Balaban J connectivity index is 1.76. The lowest BCUT2D eigenvalue weighted by Gasteiger charge is -2.31. The van der Waals surface area contributed by atoms with Crippen molar-refractivity contribution in [3.05, 3.63) is 18.3 Å². The number of nitrogen functional groups attached to an aromatic ring is 2. The number of ether oxygens (including phenoxy) is 2. The zero-order valence-electron chi connectivity index (χ0n) is 14.6. The maximum atomic E-state index is 6.16. The number of morpholine rings is 2. The second-order valence-corrected chi connectivity index (χ2v) is 6.31. The number of anilines is 4. The molecule has 0 amide bonds. The highest BCUT2D eigenvalue weighted by atomic mass is 16.5. The molecule has 26 heavy (non-hydrogen) atoms. The molecule has 0 atom stereocenters. The van der Waals surface area contributed by atoms with Crippen molar-refractivity contribution >= 4 is 23.3 Å². The predicted octanol–water partition coefficient (Wildman–Crippen LogP) is 0.376. The quantitative estimate of drug-likeness (QED) is 0.804. The zero-order chi connectivity index (χ0) is 17.9. The minimum Gasteiger partial charge on any atom is -0.398 e. The molecule has 2 aliphatic heterocycles. The molecule has 138 valence electrons. The van der Waals surface area contributed by atoms with E-state index in [0.29, 0.717) is 43.9 Å². The molecule has 2 aliphatic rings. The van der Waals surface area contributed by atoms with Gasteiger partial charge in [-0.3, -0.25) is 0 Å². The average Bonchev–Trinajstić information content (AvgIpc) is 2.69. The molecule has 2 aromatic rings. The normalized spacial score (nSPS) is 18.2. The maximum Gasteiger partial charge on any atom is 0.228 e. The third kappa shape index (κ3) is 3.49. The summed E-state index contributed by atoms with van der Waals surface area (Å²) < 4.78 is 10.9. The lowest BCUT2D eigenvalue weighted by Crippen LogP contribution is -2.39. The molecule has 0 saturated carbocycles. The second-order valence-electron chi connectivity index (χ2n) is 6.31. The molecule has 9 nitrogen and oxygen atoms in total. The standard InChI is InChI=1S/C17H23N7O2/c18-13-9-15(19)20-11-12(13)14-10-16(23-1-5-25-6-2-23)22-17(21-14)24-3-7-26-8-4-24/h9-11H,1-8H2,(H4,18,19,20). The van der Waals surface area contributed by atoms with Crippen molar-refractivity contribution in [2.75, 3.05) is 73.9 Å². The van der Waals surface area contributed by atoms with Gasteiger partial charge in [-0.15, -0.1) is 0 Å². The van der Waals surface area contributed by atoms with E-state index in [9.17, 15) is 0 Å². The molecular weight excluding hydrogens is 334 g/mol. The third-order valence-corrected chi connectivity index (χ3v) is 4.56. The average molecular weight is 357 g/mol. The van der Waals surface area contributed by atoms with Gasteiger partial charge in [-0.1, -0.05) is 0 Å². The molecule has 4 heterocycles. The molecule has 0 aliphatic carbocycles. The first-order chi connectivity index (χ1) is 12.7. The van der Waals surface area contributed by atoms with Crippen LogP contribution in [-0.4, -0.2) is 67.6 Å². The highest BCUT2D eigenvalue weighted by Crippen LogP contribution is 2.29. The van der Waals surface area contributed by atoms with Crippen LogP contribution < -0.4 is 21.3 Å². The molecule has 0 radical (unpaired) electrons. The number of aromatic nitrogens is 3. The van der Waals surface area contributed by atoms with E-state index in [1.54, 1.807) is 12.3 Å². The van der Waals surface area contributed by atoms with Gasteiger partial charge in [-0.05, 0) is 0 Å². The molecule has 0 bridgehead atoms. The molecule has 4 rings (SSSR count). The fourth-order valence-corrected chi connectivity index (χ4v) is 3.12. The van der Waals surface area contributed by atoms with Crippen LogP contribution in [0.15, 0.2) is 18.3 Å². The first kappa shape index (κ1) is 16.8. The van der Waals surface area contributed by atoms with Gasteiger partial charge in [0.1, 0.15) is 11.6 Å². The Morgan fingerprint density at radius 2 is 1.50 bits per heavy atom. The molecule has 2 aromatic heterocycles. The van der Waals surface area contributed by atoms with Gasteiger partial charge in [-0.2, -0.15) is 4.98 Å². The highest BCUT2D eigenvalue weighted by molar-refractivity contribution is 5.76. The second kappa shape index (κ2) is 7.30. The highest BCUT2D eigenvalue weighted by Gasteiger charge is 2.20. The van der Waals surface area contributed by atoms with E-state index >= 15 is 0 Å². The van der Waals surface area contributed by atoms with Crippen molar-refractivity contribution in [3.63, 3.8) is 0 Å². The summed E-state index contributed by atoms with van der Waals surface area (Å²) in [6.45, 7) is 5.86. The van der Waals surface area contributed by atoms with Crippen molar-refractivity contribution in [1.29, 1.82) is 0 Å². The van der Waals surface area contributed by atoms with Crippen molar-refractivity contribution < 1.29 is 9.47 Å². The van der Waals surface area contributed by atoms with Gasteiger partial charge < -0.3 is 30.7 Å². The molecule has 2 fully saturated rings. The minimum atomic E-state index is 0.391. The summed E-state index contributed by atoms with van der Waals surface area (Å²) in [4.78, 5) is 18.1. The Bertz CT molecular complexity index is 737. The van der Waals surface area contributed by atoms with Crippen molar-refractivity contribution in [2.24, 2.45) is 0 Å². The van der Waals surface area contributed by atoms with E-state index in [1.165, 1.54) is 0 Å². The van der Waals surface area contributed by atoms with Crippen LogP contribution in [0.5, 0.6) is 0 Å². The van der Waals surface area contributed by atoms with Gasteiger partial charge in [-0.25, -0.2) is 9.97 Å². The lowest BCUT2D eigenvalue weighted by molar-refractivity contribution is 0.121. The molecule has 0 unspecified atom stereocenters. The summed E-state index contributed by atoms with van der Waals surface area (Å²) in [5.74, 6) is 1.95. The fraction of sp³-hybridized carbons (Fsp3) is 0.471.